The first-order chi connectivity index (χ1) is 13.8. The van der Waals surface area contributed by atoms with Crippen molar-refractivity contribution in [2.45, 2.75) is 63.4 Å². The largest absolute Gasteiger partial charge is 0.390 e. The van der Waals surface area contributed by atoms with Crippen molar-refractivity contribution in [3.63, 3.8) is 0 Å². The standard InChI is InChI=1S/C21H25F2N3O3/c1-21-12-15(13-6-3-2-4-7-13)26(17(21)9-5-8-16(27)18(21)28)19(29)14-10-11-25(24-14)20(22)23/h2-4,6-7,10-11,15-18,20,27-28H,5,8-9,12H2,1H3/t15-,16+,17-,18+,21-/m1/s1. The van der Waals surface area contributed by atoms with E-state index in [1.54, 1.807) is 4.90 Å². The summed E-state index contributed by atoms with van der Waals surface area (Å²) in [7, 11) is 0. The topological polar surface area (TPSA) is 78.6 Å². The SMILES string of the molecule is C[C@@]12C[C@H](c3ccccc3)N(C(=O)c3ccn(C(F)F)n3)[C@@H]1CCC[C@H](O)[C@@H]2O. The Morgan fingerprint density at radius 1 is 1.21 bits per heavy atom. The Morgan fingerprint density at radius 2 is 1.93 bits per heavy atom. The van der Waals surface area contributed by atoms with Gasteiger partial charge in [-0.2, -0.15) is 13.9 Å². The maximum Gasteiger partial charge on any atom is 0.333 e. The zero-order chi connectivity index (χ0) is 20.8. The number of carbonyl (C=O) groups excluding carboxylic acids is 1. The van der Waals surface area contributed by atoms with Crippen molar-refractivity contribution < 1.29 is 23.8 Å². The van der Waals surface area contributed by atoms with Gasteiger partial charge in [-0.1, -0.05) is 37.3 Å². The summed E-state index contributed by atoms with van der Waals surface area (Å²) < 4.78 is 26.4. The second kappa shape index (κ2) is 7.50. The van der Waals surface area contributed by atoms with Crippen LogP contribution in [0.25, 0.3) is 0 Å². The van der Waals surface area contributed by atoms with Gasteiger partial charge in [-0.25, -0.2) is 4.68 Å². The van der Waals surface area contributed by atoms with E-state index in [1.807, 2.05) is 37.3 Å². The fourth-order valence-electron chi connectivity index (χ4n) is 5.02. The molecular formula is C21H25F2N3O3. The van der Waals surface area contributed by atoms with Gasteiger partial charge in [0.2, 0.25) is 0 Å². The monoisotopic (exact) mass is 405 g/mol. The summed E-state index contributed by atoms with van der Waals surface area (Å²) in [4.78, 5) is 15.1. The molecule has 1 saturated carbocycles. The fourth-order valence-corrected chi connectivity index (χ4v) is 5.02. The third-order valence-electron chi connectivity index (χ3n) is 6.53. The average Bonchev–Trinajstić information content (AvgIpc) is 3.29. The predicted molar refractivity (Wildman–Crippen MR) is 101 cm³/mol. The van der Waals surface area contributed by atoms with E-state index in [2.05, 4.69) is 5.10 Å². The van der Waals surface area contributed by atoms with Crippen molar-refractivity contribution in [3.05, 3.63) is 53.9 Å². The highest BCUT2D eigenvalue weighted by molar-refractivity contribution is 5.93. The van der Waals surface area contributed by atoms with E-state index in [0.717, 1.165) is 11.8 Å². The van der Waals surface area contributed by atoms with E-state index in [0.29, 0.717) is 30.4 Å². The van der Waals surface area contributed by atoms with Crippen molar-refractivity contribution in [2.75, 3.05) is 0 Å². The van der Waals surface area contributed by atoms with Crippen LogP contribution in [0.1, 0.15) is 61.3 Å². The molecule has 1 saturated heterocycles. The van der Waals surface area contributed by atoms with Crippen molar-refractivity contribution in [1.29, 1.82) is 0 Å². The molecule has 1 aliphatic heterocycles. The molecule has 4 rings (SSSR count). The Labute approximate surface area is 167 Å². The molecule has 5 atom stereocenters. The number of benzene rings is 1. The molecule has 2 aromatic rings. The Bertz CT molecular complexity index is 875. The number of aromatic nitrogens is 2. The van der Waals surface area contributed by atoms with Gasteiger partial charge in [-0.15, -0.1) is 0 Å². The molecule has 2 fully saturated rings. The number of aliphatic hydroxyl groups excluding tert-OH is 2. The Kier molecular flexibility index (Phi) is 5.16. The van der Waals surface area contributed by atoms with Crippen LogP contribution in [0.3, 0.4) is 0 Å². The van der Waals surface area contributed by atoms with Crippen molar-refractivity contribution >= 4 is 5.91 Å². The van der Waals surface area contributed by atoms with Crippen LogP contribution in [0.2, 0.25) is 0 Å². The third-order valence-corrected chi connectivity index (χ3v) is 6.53. The van der Waals surface area contributed by atoms with Crippen LogP contribution in [0.5, 0.6) is 0 Å². The molecule has 29 heavy (non-hydrogen) atoms. The van der Waals surface area contributed by atoms with Crippen molar-refractivity contribution in [1.82, 2.24) is 14.7 Å². The van der Waals surface area contributed by atoms with Crippen LogP contribution >= 0.6 is 0 Å². The number of carbonyl (C=O) groups is 1. The highest BCUT2D eigenvalue weighted by atomic mass is 19.3. The molecule has 6 nitrogen and oxygen atoms in total. The van der Waals surface area contributed by atoms with Crippen LogP contribution < -0.4 is 0 Å². The van der Waals surface area contributed by atoms with Gasteiger partial charge in [0, 0.05) is 17.7 Å². The lowest BCUT2D eigenvalue weighted by Gasteiger charge is -2.38. The summed E-state index contributed by atoms with van der Waals surface area (Å²) in [6.45, 7) is -0.919. The van der Waals surface area contributed by atoms with E-state index in [-0.39, 0.29) is 17.8 Å². The second-order valence-corrected chi connectivity index (χ2v) is 8.27. The van der Waals surface area contributed by atoms with Crippen molar-refractivity contribution in [2.24, 2.45) is 5.41 Å². The molecule has 156 valence electrons. The molecule has 1 aliphatic carbocycles. The molecule has 0 radical (unpaired) electrons. The molecule has 2 N–H and O–H groups in total. The van der Waals surface area contributed by atoms with Gasteiger partial charge in [0.25, 0.3) is 5.91 Å². The van der Waals surface area contributed by atoms with Crippen LogP contribution in [0, 0.1) is 5.41 Å². The minimum Gasteiger partial charge on any atom is -0.390 e. The number of rotatable bonds is 3. The zero-order valence-corrected chi connectivity index (χ0v) is 16.2. The van der Waals surface area contributed by atoms with Crippen LogP contribution in [-0.2, 0) is 0 Å². The average molecular weight is 405 g/mol. The van der Waals surface area contributed by atoms with Gasteiger partial charge in [-0.05, 0) is 37.3 Å². The minimum absolute atomic E-state index is 0.0465. The molecule has 2 heterocycles. The first-order valence-electron chi connectivity index (χ1n) is 9.90. The van der Waals surface area contributed by atoms with E-state index < -0.39 is 30.1 Å². The van der Waals surface area contributed by atoms with E-state index in [9.17, 15) is 23.8 Å². The molecule has 0 unspecified atom stereocenters. The van der Waals surface area contributed by atoms with E-state index in [4.69, 9.17) is 0 Å². The maximum atomic E-state index is 13.4. The quantitative estimate of drug-likeness (QED) is 0.822. The van der Waals surface area contributed by atoms with Gasteiger partial charge < -0.3 is 15.1 Å². The normalized spacial score (nSPS) is 32.3. The molecule has 1 aromatic carbocycles. The number of alkyl halides is 2. The summed E-state index contributed by atoms with van der Waals surface area (Å²) in [6, 6.07) is 10.1. The molecular weight excluding hydrogens is 380 g/mol. The number of fused-ring (bicyclic) bond motifs is 1. The van der Waals surface area contributed by atoms with Crippen molar-refractivity contribution in [3.8, 4) is 0 Å². The van der Waals surface area contributed by atoms with Gasteiger partial charge >= 0.3 is 6.55 Å². The first-order valence-corrected chi connectivity index (χ1v) is 9.90. The third kappa shape index (κ3) is 3.34. The lowest BCUT2D eigenvalue weighted by atomic mass is 9.74. The zero-order valence-electron chi connectivity index (χ0n) is 16.2. The number of hydrogen-bond donors (Lipinski definition) is 2. The van der Waals surface area contributed by atoms with Crippen LogP contribution in [-0.4, -0.2) is 49.1 Å². The number of halogens is 2. The fraction of sp³-hybridized carbons (Fsp3) is 0.524. The van der Waals surface area contributed by atoms with Gasteiger partial charge in [-0.3, -0.25) is 4.79 Å². The van der Waals surface area contributed by atoms with E-state index in [1.165, 1.54) is 6.07 Å². The highest BCUT2D eigenvalue weighted by Gasteiger charge is 2.57. The van der Waals surface area contributed by atoms with Crippen LogP contribution in [0.4, 0.5) is 8.78 Å². The smallest absolute Gasteiger partial charge is 0.333 e. The van der Waals surface area contributed by atoms with Crippen LogP contribution in [0.15, 0.2) is 42.6 Å². The van der Waals surface area contributed by atoms with E-state index >= 15 is 0 Å². The summed E-state index contributed by atoms with van der Waals surface area (Å²) in [6.07, 6.45) is 1.49. The van der Waals surface area contributed by atoms with Gasteiger partial charge in [0.15, 0.2) is 5.69 Å². The Balaban J connectivity index is 1.77. The summed E-state index contributed by atoms with van der Waals surface area (Å²) in [5, 5.41) is 25.0. The number of nitrogens with zero attached hydrogens (tertiary/aromatic N) is 3. The summed E-state index contributed by atoms with van der Waals surface area (Å²) in [5.74, 6) is -0.435. The Morgan fingerprint density at radius 3 is 2.59 bits per heavy atom. The number of likely N-dealkylation sites (tertiary alicyclic amines) is 1. The first kappa shape index (κ1) is 20.0. The highest BCUT2D eigenvalue weighted by Crippen LogP contribution is 2.53. The summed E-state index contributed by atoms with van der Waals surface area (Å²) >= 11 is 0. The number of hydrogen-bond acceptors (Lipinski definition) is 4. The summed E-state index contributed by atoms with van der Waals surface area (Å²) in [5.41, 5.74) is 0.150. The molecule has 0 spiro atoms. The number of aliphatic hydroxyl groups is 2. The van der Waals surface area contributed by atoms with Gasteiger partial charge in [0.05, 0.1) is 18.2 Å². The molecule has 8 heteroatoms. The van der Waals surface area contributed by atoms with Gasteiger partial charge in [0.1, 0.15) is 0 Å². The Hall–Kier alpha value is -2.32. The lowest BCUT2D eigenvalue weighted by molar-refractivity contribution is -0.0613. The molecule has 2 aliphatic rings. The minimum atomic E-state index is -2.82. The maximum absolute atomic E-state index is 13.4. The predicted octanol–water partition coefficient (Wildman–Crippen LogP) is 3.15. The molecule has 1 amide bonds. The second-order valence-electron chi connectivity index (χ2n) is 8.27. The molecule has 0 bridgehead atoms. The number of amides is 1. The molecule has 1 aromatic heterocycles. The lowest BCUT2D eigenvalue weighted by Crippen LogP contribution is -2.49.